The standard InChI is InChI=1S/C19H24N2O4S2/c1-5-18(19(22)20-14-8-6-11-17(12-14)26-3)21(27(4,23)24)15-9-7-10-16(13-15)25-2/h6-13,18H,5H2,1-4H3,(H,20,22)/t18-/m1/s1. The molecule has 6 nitrogen and oxygen atoms in total. The first-order valence-corrected chi connectivity index (χ1v) is 11.5. The fourth-order valence-corrected chi connectivity index (χ4v) is 4.40. The first-order valence-electron chi connectivity index (χ1n) is 8.38. The summed E-state index contributed by atoms with van der Waals surface area (Å²) in [5.41, 5.74) is 1.01. The molecule has 0 bridgehead atoms. The molecular formula is C19H24N2O4S2. The number of hydrogen-bond donors (Lipinski definition) is 1. The van der Waals surface area contributed by atoms with Crippen LogP contribution < -0.4 is 14.4 Å². The van der Waals surface area contributed by atoms with Gasteiger partial charge in [-0.1, -0.05) is 19.1 Å². The molecule has 0 radical (unpaired) electrons. The van der Waals surface area contributed by atoms with Gasteiger partial charge in [0.15, 0.2) is 0 Å². The number of ether oxygens (including phenoxy) is 1. The van der Waals surface area contributed by atoms with Crippen molar-refractivity contribution in [1.29, 1.82) is 0 Å². The molecule has 2 rings (SSSR count). The molecule has 0 aliphatic heterocycles. The molecule has 1 N–H and O–H groups in total. The van der Waals surface area contributed by atoms with Crippen LogP contribution in [0.4, 0.5) is 11.4 Å². The smallest absolute Gasteiger partial charge is 0.248 e. The number of amides is 1. The zero-order chi connectivity index (χ0) is 20.0. The molecule has 8 heteroatoms. The van der Waals surface area contributed by atoms with Crippen molar-refractivity contribution < 1.29 is 17.9 Å². The van der Waals surface area contributed by atoms with E-state index in [4.69, 9.17) is 4.74 Å². The van der Waals surface area contributed by atoms with Crippen LogP contribution in [0.5, 0.6) is 5.75 Å². The molecule has 1 amide bonds. The van der Waals surface area contributed by atoms with Gasteiger partial charge >= 0.3 is 0 Å². The van der Waals surface area contributed by atoms with Gasteiger partial charge in [0, 0.05) is 16.6 Å². The van der Waals surface area contributed by atoms with E-state index in [0.717, 1.165) is 15.5 Å². The Morgan fingerprint density at radius 3 is 2.52 bits per heavy atom. The number of benzene rings is 2. The minimum atomic E-state index is -3.69. The second-order valence-electron chi connectivity index (χ2n) is 5.91. The predicted octanol–water partition coefficient (Wildman–Crippen LogP) is 3.60. The number of thioether (sulfide) groups is 1. The molecule has 146 valence electrons. The van der Waals surface area contributed by atoms with Crippen molar-refractivity contribution in [2.75, 3.05) is 29.2 Å². The van der Waals surface area contributed by atoms with Gasteiger partial charge in [0.2, 0.25) is 15.9 Å². The highest BCUT2D eigenvalue weighted by atomic mass is 32.2. The number of rotatable bonds is 8. The van der Waals surface area contributed by atoms with E-state index in [1.165, 1.54) is 7.11 Å². The Kier molecular flexibility index (Phi) is 7.15. The van der Waals surface area contributed by atoms with Crippen molar-refractivity contribution in [2.24, 2.45) is 0 Å². The summed E-state index contributed by atoms with van der Waals surface area (Å²) in [6.07, 6.45) is 3.36. The van der Waals surface area contributed by atoms with Gasteiger partial charge in [-0.25, -0.2) is 8.42 Å². The third-order valence-electron chi connectivity index (χ3n) is 3.97. The van der Waals surface area contributed by atoms with Crippen LogP contribution >= 0.6 is 11.8 Å². The lowest BCUT2D eigenvalue weighted by Crippen LogP contribution is -2.47. The monoisotopic (exact) mass is 408 g/mol. The van der Waals surface area contributed by atoms with Crippen molar-refractivity contribution in [3.05, 3.63) is 48.5 Å². The number of nitrogens with zero attached hydrogens (tertiary/aromatic N) is 1. The Hall–Kier alpha value is -2.19. The number of carbonyl (C=O) groups excluding carboxylic acids is 1. The Balaban J connectivity index is 2.38. The van der Waals surface area contributed by atoms with E-state index in [9.17, 15) is 13.2 Å². The highest BCUT2D eigenvalue weighted by Crippen LogP contribution is 2.27. The lowest BCUT2D eigenvalue weighted by molar-refractivity contribution is -0.117. The summed E-state index contributed by atoms with van der Waals surface area (Å²) in [4.78, 5) is 13.9. The fourth-order valence-electron chi connectivity index (χ4n) is 2.73. The molecule has 0 fully saturated rings. The maximum Gasteiger partial charge on any atom is 0.248 e. The normalized spacial score (nSPS) is 12.3. The van der Waals surface area contributed by atoms with Gasteiger partial charge in [-0.05, 0) is 43.0 Å². The van der Waals surface area contributed by atoms with Gasteiger partial charge in [-0.15, -0.1) is 11.8 Å². The molecule has 0 aromatic heterocycles. The zero-order valence-electron chi connectivity index (χ0n) is 15.8. The fraction of sp³-hybridized carbons (Fsp3) is 0.316. The number of anilines is 2. The zero-order valence-corrected chi connectivity index (χ0v) is 17.4. The van der Waals surface area contributed by atoms with Crippen molar-refractivity contribution in [1.82, 2.24) is 0 Å². The highest BCUT2D eigenvalue weighted by Gasteiger charge is 2.31. The van der Waals surface area contributed by atoms with Gasteiger partial charge < -0.3 is 10.1 Å². The number of carbonyl (C=O) groups is 1. The van der Waals surface area contributed by atoms with E-state index in [2.05, 4.69) is 5.32 Å². The Labute approximate surface area is 165 Å². The van der Waals surface area contributed by atoms with Crippen LogP contribution in [0.1, 0.15) is 13.3 Å². The highest BCUT2D eigenvalue weighted by molar-refractivity contribution is 7.98. The summed E-state index contributed by atoms with van der Waals surface area (Å²) in [5.74, 6) is 0.132. The van der Waals surface area contributed by atoms with E-state index in [1.807, 2.05) is 24.5 Å². The number of nitrogens with one attached hydrogen (secondary N) is 1. The van der Waals surface area contributed by atoms with Crippen molar-refractivity contribution in [2.45, 2.75) is 24.3 Å². The maximum atomic E-state index is 12.9. The molecule has 27 heavy (non-hydrogen) atoms. The summed E-state index contributed by atoms with van der Waals surface area (Å²) >= 11 is 1.56. The van der Waals surface area contributed by atoms with E-state index in [1.54, 1.807) is 49.0 Å². The third-order valence-corrected chi connectivity index (χ3v) is 5.88. The molecule has 0 saturated carbocycles. The minimum Gasteiger partial charge on any atom is -0.497 e. The van der Waals surface area contributed by atoms with Crippen LogP contribution in [-0.2, 0) is 14.8 Å². The molecule has 2 aromatic rings. The lowest BCUT2D eigenvalue weighted by Gasteiger charge is -2.30. The summed E-state index contributed by atoms with van der Waals surface area (Å²) < 4.78 is 31.3. The maximum absolute atomic E-state index is 12.9. The lowest BCUT2D eigenvalue weighted by atomic mass is 10.1. The van der Waals surface area contributed by atoms with E-state index in [-0.39, 0.29) is 5.91 Å². The molecule has 0 spiro atoms. The van der Waals surface area contributed by atoms with Crippen molar-refractivity contribution >= 4 is 39.1 Å². The van der Waals surface area contributed by atoms with Crippen LogP contribution in [0.3, 0.4) is 0 Å². The van der Waals surface area contributed by atoms with E-state index >= 15 is 0 Å². The summed E-state index contributed by atoms with van der Waals surface area (Å²) in [6.45, 7) is 1.78. The van der Waals surface area contributed by atoms with Crippen molar-refractivity contribution in [3.63, 3.8) is 0 Å². The second-order valence-corrected chi connectivity index (χ2v) is 8.64. The predicted molar refractivity (Wildman–Crippen MR) is 111 cm³/mol. The first kappa shape index (κ1) is 21.1. The van der Waals surface area contributed by atoms with E-state index in [0.29, 0.717) is 23.5 Å². The van der Waals surface area contributed by atoms with Crippen molar-refractivity contribution in [3.8, 4) is 5.75 Å². The SMILES string of the molecule is CC[C@H](C(=O)Nc1cccc(SC)c1)N(c1cccc(OC)c1)S(C)(=O)=O. The second kappa shape index (κ2) is 9.14. The van der Waals surface area contributed by atoms with Gasteiger partial charge in [0.25, 0.3) is 0 Å². The Morgan fingerprint density at radius 1 is 1.22 bits per heavy atom. The Bertz CT molecular complexity index is 900. The van der Waals surface area contributed by atoms with Crippen LogP contribution in [0.15, 0.2) is 53.4 Å². The van der Waals surface area contributed by atoms with Crippen LogP contribution in [-0.4, -0.2) is 40.0 Å². The molecule has 2 aromatic carbocycles. The van der Waals surface area contributed by atoms with Gasteiger partial charge in [0.05, 0.1) is 19.1 Å². The molecule has 0 aliphatic carbocycles. The topological polar surface area (TPSA) is 75.7 Å². The first-order chi connectivity index (χ1) is 12.8. The minimum absolute atomic E-state index is 0.318. The molecule has 0 heterocycles. The van der Waals surface area contributed by atoms with Crippen LogP contribution in [0.2, 0.25) is 0 Å². The third kappa shape index (κ3) is 5.40. The average molecular weight is 409 g/mol. The Morgan fingerprint density at radius 2 is 1.93 bits per heavy atom. The van der Waals surface area contributed by atoms with Crippen LogP contribution in [0, 0.1) is 0 Å². The molecular weight excluding hydrogens is 384 g/mol. The van der Waals surface area contributed by atoms with Gasteiger partial charge in [-0.2, -0.15) is 0 Å². The van der Waals surface area contributed by atoms with Gasteiger partial charge in [-0.3, -0.25) is 9.10 Å². The molecule has 1 atom stereocenters. The summed E-state index contributed by atoms with van der Waals surface area (Å²) in [5, 5.41) is 2.83. The largest absolute Gasteiger partial charge is 0.497 e. The van der Waals surface area contributed by atoms with Gasteiger partial charge in [0.1, 0.15) is 11.8 Å². The van der Waals surface area contributed by atoms with E-state index < -0.39 is 16.1 Å². The molecule has 0 unspecified atom stereocenters. The number of sulfonamides is 1. The molecule has 0 aliphatic rings. The average Bonchev–Trinajstić information content (AvgIpc) is 2.64. The summed E-state index contributed by atoms with van der Waals surface area (Å²) in [7, 11) is -2.18. The number of hydrogen-bond acceptors (Lipinski definition) is 5. The molecule has 0 saturated heterocycles. The summed E-state index contributed by atoms with van der Waals surface area (Å²) in [6, 6.07) is 13.2. The van der Waals surface area contributed by atoms with Crippen LogP contribution in [0.25, 0.3) is 0 Å². The quantitative estimate of drug-likeness (QED) is 0.676. The number of methoxy groups -OCH3 is 1.